The quantitative estimate of drug-likeness (QED) is 0.747. The molecule has 4 rings (SSSR count). The van der Waals surface area contributed by atoms with Crippen LogP contribution < -0.4 is 5.56 Å². The van der Waals surface area contributed by atoms with Crippen LogP contribution >= 0.6 is 0 Å². The van der Waals surface area contributed by atoms with Crippen LogP contribution in [0.2, 0.25) is 0 Å². The van der Waals surface area contributed by atoms with Crippen molar-refractivity contribution >= 4 is 11.7 Å². The SMILES string of the molecule is CN(C)CC1CCN(C(=O)c2nc3nc(-c4ccccc4)cc(=O)n3[nH]2)C1. The standard InChI is InChI=1S/C19H22N6O2/c1-23(2)11-13-8-9-24(12-13)18(27)17-21-19-20-15(10-16(26)25(19)22-17)14-6-4-3-5-7-14/h3-7,10,13H,8-9,11-12H2,1-2H3,(H,20,21,22). The third-order valence-electron chi connectivity index (χ3n) is 4.80. The maximum absolute atomic E-state index is 12.8. The van der Waals surface area contributed by atoms with Crippen molar-refractivity contribution in [3.63, 3.8) is 0 Å². The van der Waals surface area contributed by atoms with Crippen LogP contribution in [0.5, 0.6) is 0 Å². The Balaban J connectivity index is 1.61. The first kappa shape index (κ1) is 17.4. The minimum absolute atomic E-state index is 0.148. The van der Waals surface area contributed by atoms with Gasteiger partial charge in [-0.1, -0.05) is 30.3 Å². The number of rotatable bonds is 4. The van der Waals surface area contributed by atoms with E-state index in [1.54, 1.807) is 4.90 Å². The summed E-state index contributed by atoms with van der Waals surface area (Å²) in [6, 6.07) is 10.9. The molecule has 140 valence electrons. The molecule has 1 fully saturated rings. The topological polar surface area (TPSA) is 86.6 Å². The predicted octanol–water partition coefficient (Wildman–Crippen LogP) is 1.11. The van der Waals surface area contributed by atoms with Crippen LogP contribution in [0.1, 0.15) is 17.0 Å². The number of aromatic nitrogens is 4. The zero-order valence-electron chi connectivity index (χ0n) is 15.4. The molecule has 8 nitrogen and oxygen atoms in total. The maximum Gasteiger partial charge on any atom is 0.291 e. The molecule has 8 heteroatoms. The van der Waals surface area contributed by atoms with Gasteiger partial charge in [0.25, 0.3) is 17.2 Å². The normalized spacial score (nSPS) is 17.1. The van der Waals surface area contributed by atoms with Crippen molar-refractivity contribution in [1.82, 2.24) is 29.4 Å². The first-order chi connectivity index (χ1) is 13.0. The lowest BCUT2D eigenvalue weighted by Crippen LogP contribution is -2.31. The van der Waals surface area contributed by atoms with Gasteiger partial charge in [-0.05, 0) is 26.4 Å². The van der Waals surface area contributed by atoms with Crippen molar-refractivity contribution in [2.45, 2.75) is 6.42 Å². The second-order valence-electron chi connectivity index (χ2n) is 7.22. The van der Waals surface area contributed by atoms with Gasteiger partial charge in [-0.15, -0.1) is 0 Å². The lowest BCUT2D eigenvalue weighted by molar-refractivity contribution is 0.0773. The molecule has 1 aliphatic rings. The summed E-state index contributed by atoms with van der Waals surface area (Å²) in [5.41, 5.74) is 1.08. The molecule has 1 saturated heterocycles. The van der Waals surface area contributed by atoms with E-state index < -0.39 is 0 Å². The fourth-order valence-electron chi connectivity index (χ4n) is 3.57. The minimum atomic E-state index is -0.294. The van der Waals surface area contributed by atoms with Gasteiger partial charge in [-0.2, -0.15) is 9.50 Å². The number of carbonyl (C=O) groups excluding carboxylic acids is 1. The number of benzene rings is 1. The molecule has 0 saturated carbocycles. The second kappa shape index (κ2) is 6.96. The first-order valence-electron chi connectivity index (χ1n) is 9.00. The number of hydrogen-bond donors (Lipinski definition) is 1. The molecule has 1 atom stereocenters. The fraction of sp³-hybridized carbons (Fsp3) is 0.368. The number of aromatic amines is 1. The van der Waals surface area contributed by atoms with Crippen LogP contribution in [-0.4, -0.2) is 69.0 Å². The van der Waals surface area contributed by atoms with Gasteiger partial charge in [0.2, 0.25) is 5.82 Å². The molecule has 1 aliphatic heterocycles. The van der Waals surface area contributed by atoms with Crippen LogP contribution in [0, 0.1) is 5.92 Å². The Bertz CT molecular complexity index is 1020. The van der Waals surface area contributed by atoms with E-state index in [0.717, 1.165) is 18.5 Å². The summed E-state index contributed by atoms with van der Waals surface area (Å²) in [6.07, 6.45) is 0.973. The Labute approximate surface area is 156 Å². The number of nitrogens with one attached hydrogen (secondary N) is 1. The molecule has 0 spiro atoms. The molecule has 3 heterocycles. The Kier molecular flexibility index (Phi) is 4.49. The molecular weight excluding hydrogens is 344 g/mol. The van der Waals surface area contributed by atoms with Gasteiger partial charge in [0.15, 0.2) is 0 Å². The first-order valence-corrected chi connectivity index (χ1v) is 9.00. The minimum Gasteiger partial charge on any atom is -0.336 e. The van der Waals surface area contributed by atoms with Gasteiger partial charge in [-0.25, -0.2) is 4.98 Å². The van der Waals surface area contributed by atoms with Crippen LogP contribution in [-0.2, 0) is 0 Å². The maximum atomic E-state index is 12.8. The predicted molar refractivity (Wildman–Crippen MR) is 102 cm³/mol. The largest absolute Gasteiger partial charge is 0.336 e. The van der Waals surface area contributed by atoms with Gasteiger partial charge in [-0.3, -0.25) is 14.7 Å². The molecule has 3 aromatic rings. The molecule has 2 aromatic heterocycles. The molecule has 1 unspecified atom stereocenters. The molecule has 1 aromatic carbocycles. The van der Waals surface area contributed by atoms with E-state index in [1.165, 1.54) is 10.6 Å². The van der Waals surface area contributed by atoms with Crippen molar-refractivity contribution in [1.29, 1.82) is 0 Å². The van der Waals surface area contributed by atoms with E-state index in [0.29, 0.717) is 24.7 Å². The van der Waals surface area contributed by atoms with Gasteiger partial charge in [0, 0.05) is 31.3 Å². The molecule has 0 radical (unpaired) electrons. The molecule has 27 heavy (non-hydrogen) atoms. The molecular formula is C19H22N6O2. The van der Waals surface area contributed by atoms with E-state index in [1.807, 2.05) is 44.4 Å². The number of fused-ring (bicyclic) bond motifs is 1. The fourth-order valence-corrected chi connectivity index (χ4v) is 3.57. The van der Waals surface area contributed by atoms with Gasteiger partial charge < -0.3 is 9.80 Å². The Morgan fingerprint density at radius 1 is 1.26 bits per heavy atom. The number of amides is 1. The second-order valence-corrected chi connectivity index (χ2v) is 7.22. The van der Waals surface area contributed by atoms with Crippen LogP contribution in [0.3, 0.4) is 0 Å². The summed E-state index contributed by atoms with van der Waals surface area (Å²) in [4.78, 5) is 37.9. The van der Waals surface area contributed by atoms with Crippen molar-refractivity contribution < 1.29 is 4.79 Å². The Morgan fingerprint density at radius 2 is 2.04 bits per heavy atom. The van der Waals surface area contributed by atoms with Crippen LogP contribution in [0.25, 0.3) is 17.0 Å². The number of carbonyl (C=O) groups is 1. The van der Waals surface area contributed by atoms with E-state index in [4.69, 9.17) is 0 Å². The Hall–Kier alpha value is -3.00. The third kappa shape index (κ3) is 3.48. The third-order valence-corrected chi connectivity index (χ3v) is 4.80. The average Bonchev–Trinajstić information content (AvgIpc) is 3.28. The Morgan fingerprint density at radius 3 is 2.78 bits per heavy atom. The number of likely N-dealkylation sites (tertiary alicyclic amines) is 1. The summed E-state index contributed by atoms with van der Waals surface area (Å²) < 4.78 is 1.22. The summed E-state index contributed by atoms with van der Waals surface area (Å²) in [7, 11) is 4.07. The van der Waals surface area contributed by atoms with E-state index in [2.05, 4.69) is 20.0 Å². The molecule has 0 bridgehead atoms. The smallest absolute Gasteiger partial charge is 0.291 e. The van der Waals surface area contributed by atoms with Crippen molar-refractivity contribution in [2.75, 3.05) is 33.7 Å². The van der Waals surface area contributed by atoms with E-state index in [-0.39, 0.29) is 23.1 Å². The highest BCUT2D eigenvalue weighted by Gasteiger charge is 2.29. The summed E-state index contributed by atoms with van der Waals surface area (Å²) in [6.45, 7) is 2.35. The monoisotopic (exact) mass is 366 g/mol. The van der Waals surface area contributed by atoms with Gasteiger partial charge in [0.1, 0.15) is 0 Å². The summed E-state index contributed by atoms with van der Waals surface area (Å²) >= 11 is 0. The number of nitrogens with zero attached hydrogens (tertiary/aromatic N) is 5. The summed E-state index contributed by atoms with van der Waals surface area (Å²) in [5.74, 6) is 0.616. The molecule has 1 amide bonds. The molecule has 1 N–H and O–H groups in total. The van der Waals surface area contributed by atoms with E-state index >= 15 is 0 Å². The zero-order chi connectivity index (χ0) is 19.0. The van der Waals surface area contributed by atoms with Gasteiger partial charge in [0.05, 0.1) is 5.69 Å². The number of hydrogen-bond acceptors (Lipinski definition) is 5. The lowest BCUT2D eigenvalue weighted by atomic mass is 10.1. The summed E-state index contributed by atoms with van der Waals surface area (Å²) in [5, 5.41) is 2.80. The average molecular weight is 366 g/mol. The van der Waals surface area contributed by atoms with Crippen LogP contribution in [0.15, 0.2) is 41.2 Å². The lowest BCUT2D eigenvalue weighted by Gasteiger charge is -2.17. The van der Waals surface area contributed by atoms with Crippen molar-refractivity contribution in [3.05, 3.63) is 52.6 Å². The molecule has 0 aliphatic carbocycles. The van der Waals surface area contributed by atoms with Crippen molar-refractivity contribution in [3.8, 4) is 11.3 Å². The van der Waals surface area contributed by atoms with E-state index in [9.17, 15) is 9.59 Å². The highest BCUT2D eigenvalue weighted by Crippen LogP contribution is 2.19. The van der Waals surface area contributed by atoms with Gasteiger partial charge >= 0.3 is 0 Å². The zero-order valence-corrected chi connectivity index (χ0v) is 15.4. The van der Waals surface area contributed by atoms with Crippen molar-refractivity contribution in [2.24, 2.45) is 5.92 Å². The highest BCUT2D eigenvalue weighted by atomic mass is 16.2. The van der Waals surface area contributed by atoms with Crippen LogP contribution in [0.4, 0.5) is 0 Å². The highest BCUT2D eigenvalue weighted by molar-refractivity contribution is 5.91. The number of H-pyrrole nitrogens is 1.